The van der Waals surface area contributed by atoms with E-state index in [-0.39, 0.29) is 22.7 Å². The van der Waals surface area contributed by atoms with Crippen LogP contribution < -0.4 is 5.73 Å². The Kier molecular flexibility index (Phi) is 4.31. The van der Waals surface area contributed by atoms with Gasteiger partial charge in [-0.05, 0) is 15.9 Å². The van der Waals surface area contributed by atoms with Gasteiger partial charge in [0.05, 0.1) is 6.54 Å². The second-order valence-corrected chi connectivity index (χ2v) is 5.86. The second kappa shape index (κ2) is 5.13. The molecular weight excluding hydrogens is 296 g/mol. The molecule has 0 bridgehead atoms. The van der Waals surface area contributed by atoms with E-state index < -0.39 is 10.0 Å². The van der Waals surface area contributed by atoms with Gasteiger partial charge < -0.3 is 10.2 Å². The molecule has 0 unspecified atom stereocenters. The van der Waals surface area contributed by atoms with E-state index in [0.29, 0.717) is 5.76 Å². The second-order valence-electron chi connectivity index (χ2n) is 3.13. The molecule has 0 radical (unpaired) electrons. The fourth-order valence-corrected chi connectivity index (χ4v) is 3.22. The zero-order valence-corrected chi connectivity index (χ0v) is 11.2. The lowest BCUT2D eigenvalue weighted by atomic mass is 10.5. The van der Waals surface area contributed by atoms with Crippen LogP contribution in [0.25, 0.3) is 0 Å². The van der Waals surface area contributed by atoms with Gasteiger partial charge in [0.2, 0.25) is 10.0 Å². The van der Waals surface area contributed by atoms with Crippen LogP contribution in [0.3, 0.4) is 0 Å². The van der Waals surface area contributed by atoms with Gasteiger partial charge in [-0.25, -0.2) is 8.42 Å². The number of likely N-dealkylation sites (N-methyl/N-ethyl adjacent to an activating group) is 1. The first-order chi connectivity index (χ1) is 7.43. The van der Waals surface area contributed by atoms with Crippen LogP contribution in [0.1, 0.15) is 5.76 Å². The Labute approximate surface area is 103 Å². The van der Waals surface area contributed by atoms with Gasteiger partial charge >= 0.3 is 0 Å². The van der Waals surface area contributed by atoms with E-state index in [2.05, 4.69) is 22.5 Å². The lowest BCUT2D eigenvalue weighted by molar-refractivity contribution is 0.475. The fraction of sp³-hybridized carbons (Fsp3) is 0.333. The molecule has 0 amide bonds. The van der Waals surface area contributed by atoms with E-state index in [0.717, 1.165) is 0 Å². The number of rotatable bonds is 5. The van der Waals surface area contributed by atoms with E-state index in [1.54, 1.807) is 0 Å². The van der Waals surface area contributed by atoms with Crippen molar-refractivity contribution in [3.8, 4) is 0 Å². The Bertz CT molecular complexity index is 481. The van der Waals surface area contributed by atoms with Crippen LogP contribution >= 0.6 is 15.9 Å². The van der Waals surface area contributed by atoms with Gasteiger partial charge in [0.25, 0.3) is 0 Å². The average Bonchev–Trinajstić information content (AvgIpc) is 2.60. The lowest BCUT2D eigenvalue weighted by Gasteiger charge is -2.13. The highest BCUT2D eigenvalue weighted by Crippen LogP contribution is 2.27. The number of hydrogen-bond donors (Lipinski definition) is 1. The third-order valence-electron chi connectivity index (χ3n) is 1.98. The summed E-state index contributed by atoms with van der Waals surface area (Å²) in [4.78, 5) is 0.0808. The number of hydrogen-bond acceptors (Lipinski definition) is 4. The van der Waals surface area contributed by atoms with Crippen molar-refractivity contribution in [2.75, 3.05) is 13.6 Å². The van der Waals surface area contributed by atoms with Crippen molar-refractivity contribution in [1.29, 1.82) is 0 Å². The molecule has 0 spiro atoms. The van der Waals surface area contributed by atoms with Gasteiger partial charge in [-0.2, -0.15) is 4.31 Å². The van der Waals surface area contributed by atoms with Crippen molar-refractivity contribution >= 4 is 26.0 Å². The number of furan rings is 1. The Balaban J connectivity index is 3.16. The summed E-state index contributed by atoms with van der Waals surface area (Å²) in [5, 5.41) is 0. The SMILES string of the molecule is C=CCN(C)S(=O)(=O)c1cc(CN)oc1Br. The van der Waals surface area contributed by atoms with Crippen LogP contribution in [-0.2, 0) is 16.6 Å². The predicted molar refractivity (Wildman–Crippen MR) is 64.3 cm³/mol. The van der Waals surface area contributed by atoms with Crippen LogP contribution in [-0.4, -0.2) is 26.3 Å². The first-order valence-electron chi connectivity index (χ1n) is 4.49. The summed E-state index contributed by atoms with van der Waals surface area (Å²) in [5.74, 6) is 0.414. The molecule has 0 fully saturated rings. The van der Waals surface area contributed by atoms with Crippen LogP contribution in [0.5, 0.6) is 0 Å². The van der Waals surface area contributed by atoms with Gasteiger partial charge in [0.15, 0.2) is 4.67 Å². The molecule has 0 aliphatic rings. The van der Waals surface area contributed by atoms with Crippen LogP contribution in [0, 0.1) is 0 Å². The molecule has 1 heterocycles. The average molecular weight is 309 g/mol. The number of nitrogens with zero attached hydrogens (tertiary/aromatic N) is 1. The molecule has 7 heteroatoms. The summed E-state index contributed by atoms with van der Waals surface area (Å²) >= 11 is 3.06. The number of halogens is 1. The highest BCUT2D eigenvalue weighted by Gasteiger charge is 2.25. The van der Waals surface area contributed by atoms with Crippen molar-refractivity contribution < 1.29 is 12.8 Å². The fourth-order valence-electron chi connectivity index (χ4n) is 1.12. The van der Waals surface area contributed by atoms with Crippen molar-refractivity contribution in [1.82, 2.24) is 4.31 Å². The molecular formula is C9H13BrN2O3S. The normalized spacial score (nSPS) is 12.0. The standard InChI is InChI=1S/C9H13BrN2O3S/c1-3-4-12(2)16(13,14)8-5-7(6-11)15-9(8)10/h3,5H,1,4,6,11H2,2H3. The molecule has 1 rings (SSSR count). The van der Waals surface area contributed by atoms with Gasteiger partial charge in [0.1, 0.15) is 10.7 Å². The van der Waals surface area contributed by atoms with Crippen molar-refractivity contribution in [3.05, 3.63) is 29.2 Å². The molecule has 0 saturated heterocycles. The first kappa shape index (κ1) is 13.4. The molecule has 0 atom stereocenters. The molecule has 0 saturated carbocycles. The molecule has 2 N–H and O–H groups in total. The first-order valence-corrected chi connectivity index (χ1v) is 6.72. The maximum absolute atomic E-state index is 12.0. The van der Waals surface area contributed by atoms with E-state index in [4.69, 9.17) is 10.2 Å². The quantitative estimate of drug-likeness (QED) is 0.832. The molecule has 5 nitrogen and oxygen atoms in total. The molecule has 0 aliphatic heterocycles. The third-order valence-corrected chi connectivity index (χ3v) is 4.66. The number of nitrogens with two attached hydrogens (primary N) is 1. The smallest absolute Gasteiger partial charge is 0.247 e. The summed E-state index contributed by atoms with van der Waals surface area (Å²) in [7, 11) is -2.08. The maximum atomic E-state index is 12.0. The zero-order valence-electron chi connectivity index (χ0n) is 8.81. The highest BCUT2D eigenvalue weighted by atomic mass is 79.9. The maximum Gasteiger partial charge on any atom is 0.247 e. The largest absolute Gasteiger partial charge is 0.452 e. The van der Waals surface area contributed by atoms with Crippen molar-refractivity contribution in [3.63, 3.8) is 0 Å². The van der Waals surface area contributed by atoms with E-state index in [9.17, 15) is 8.42 Å². The molecule has 16 heavy (non-hydrogen) atoms. The summed E-state index contributed by atoms with van der Waals surface area (Å²) in [6.45, 7) is 3.88. The van der Waals surface area contributed by atoms with Crippen LogP contribution in [0.4, 0.5) is 0 Å². The van der Waals surface area contributed by atoms with Crippen molar-refractivity contribution in [2.24, 2.45) is 5.73 Å². The van der Waals surface area contributed by atoms with Crippen LogP contribution in [0.15, 0.2) is 32.7 Å². The lowest BCUT2D eigenvalue weighted by Crippen LogP contribution is -2.26. The Hall–Kier alpha value is -0.630. The monoisotopic (exact) mass is 308 g/mol. The minimum atomic E-state index is -3.56. The Morgan fingerprint density at radius 2 is 2.31 bits per heavy atom. The summed E-state index contributed by atoms with van der Waals surface area (Å²) < 4.78 is 30.5. The number of sulfonamides is 1. The predicted octanol–water partition coefficient (Wildman–Crippen LogP) is 1.31. The van der Waals surface area contributed by atoms with E-state index in [1.165, 1.54) is 23.5 Å². The van der Waals surface area contributed by atoms with Crippen LogP contribution in [0.2, 0.25) is 0 Å². The summed E-state index contributed by atoms with van der Waals surface area (Å²) in [6, 6.07) is 1.42. The minimum Gasteiger partial charge on any atom is -0.452 e. The molecule has 0 aromatic carbocycles. The molecule has 1 aromatic rings. The van der Waals surface area contributed by atoms with Gasteiger partial charge in [-0.1, -0.05) is 6.08 Å². The molecule has 1 aromatic heterocycles. The van der Waals surface area contributed by atoms with E-state index >= 15 is 0 Å². The Morgan fingerprint density at radius 1 is 1.69 bits per heavy atom. The topological polar surface area (TPSA) is 76.5 Å². The summed E-state index contributed by atoms with van der Waals surface area (Å²) in [6.07, 6.45) is 1.51. The van der Waals surface area contributed by atoms with Gasteiger partial charge in [-0.3, -0.25) is 0 Å². The third kappa shape index (κ3) is 2.54. The van der Waals surface area contributed by atoms with Crippen molar-refractivity contribution in [2.45, 2.75) is 11.4 Å². The van der Waals surface area contributed by atoms with E-state index in [1.807, 2.05) is 0 Å². The Morgan fingerprint density at radius 3 is 2.75 bits per heavy atom. The van der Waals surface area contributed by atoms with Gasteiger partial charge in [-0.15, -0.1) is 6.58 Å². The minimum absolute atomic E-state index is 0.0808. The molecule has 90 valence electrons. The molecule has 0 aliphatic carbocycles. The summed E-state index contributed by atoms with van der Waals surface area (Å²) in [5.41, 5.74) is 5.37. The highest BCUT2D eigenvalue weighted by molar-refractivity contribution is 9.10. The van der Waals surface area contributed by atoms with Gasteiger partial charge in [0, 0.05) is 19.7 Å². The zero-order chi connectivity index (χ0) is 12.3.